The second-order valence-corrected chi connectivity index (χ2v) is 8.64. The predicted octanol–water partition coefficient (Wildman–Crippen LogP) is 0.821. The lowest BCUT2D eigenvalue weighted by molar-refractivity contribution is 0.462. The molecule has 2 heterocycles. The van der Waals surface area contributed by atoms with Crippen LogP contribution in [-0.4, -0.2) is 59.9 Å². The highest BCUT2D eigenvalue weighted by atomic mass is 32.2. The molecule has 136 valence electrons. The lowest BCUT2D eigenvalue weighted by Crippen LogP contribution is -2.49. The largest absolute Gasteiger partial charge is 0.363 e. The Balaban J connectivity index is 1.65. The molecule has 3 N–H and O–H groups in total. The molecule has 0 spiro atoms. The van der Waals surface area contributed by atoms with Gasteiger partial charge in [0.05, 0.1) is 11.3 Å². The first-order valence-corrected chi connectivity index (χ1v) is 11.0. The molecule has 1 fully saturated rings. The molecule has 2 rings (SSSR count). The van der Waals surface area contributed by atoms with Gasteiger partial charge in [-0.25, -0.2) is 13.1 Å². The third-order valence-corrected chi connectivity index (χ3v) is 5.54. The molecule has 0 aromatic carbocycles. The van der Waals surface area contributed by atoms with Gasteiger partial charge >= 0.3 is 0 Å². The molecule has 0 aliphatic carbocycles. The fraction of sp³-hybridized carbons (Fsp3) is 0.667. The molecule has 1 aromatic heterocycles. The number of hydrogen-bond donors (Lipinski definition) is 3. The van der Waals surface area contributed by atoms with Crippen molar-refractivity contribution in [3.05, 3.63) is 17.5 Å². The molecule has 0 bridgehead atoms. The van der Waals surface area contributed by atoms with Gasteiger partial charge in [-0.1, -0.05) is 0 Å². The van der Waals surface area contributed by atoms with Crippen LogP contribution in [0.25, 0.3) is 0 Å². The molecule has 0 radical (unpaired) electrons. The molecule has 1 aromatic rings. The Morgan fingerprint density at radius 2 is 2.12 bits per heavy atom. The number of anilines is 1. The van der Waals surface area contributed by atoms with Crippen LogP contribution in [0.5, 0.6) is 0 Å². The highest BCUT2D eigenvalue weighted by molar-refractivity contribution is 7.88. The summed E-state index contributed by atoms with van der Waals surface area (Å²) in [5, 5.41) is 10.1. The van der Waals surface area contributed by atoms with E-state index >= 15 is 0 Å². The Morgan fingerprint density at radius 1 is 1.38 bits per heavy atom. The van der Waals surface area contributed by atoms with Crippen molar-refractivity contribution in [2.45, 2.75) is 25.3 Å². The lowest BCUT2D eigenvalue weighted by Gasteiger charge is -2.33. The third-order valence-electron chi connectivity index (χ3n) is 3.89. The maximum absolute atomic E-state index is 11.0. The van der Waals surface area contributed by atoms with E-state index in [4.69, 9.17) is 0 Å². The lowest BCUT2D eigenvalue weighted by atomic mass is 10.1. The first-order valence-electron chi connectivity index (χ1n) is 8.18. The molecule has 0 unspecified atom stereocenters. The summed E-state index contributed by atoms with van der Waals surface area (Å²) in [4.78, 5) is 6.67. The SMILES string of the molecule is CN=C(NCCCNS(C)(=O)=O)NC1CCN(c2cccs2)CC1. The van der Waals surface area contributed by atoms with Crippen LogP contribution in [0, 0.1) is 0 Å². The summed E-state index contributed by atoms with van der Waals surface area (Å²) in [5.74, 6) is 0.781. The van der Waals surface area contributed by atoms with Crippen molar-refractivity contribution in [3.63, 3.8) is 0 Å². The van der Waals surface area contributed by atoms with Gasteiger partial charge in [-0.3, -0.25) is 4.99 Å². The number of aliphatic imine (C=N–C) groups is 1. The average molecular weight is 374 g/mol. The number of rotatable bonds is 7. The van der Waals surface area contributed by atoms with E-state index in [2.05, 4.69) is 42.8 Å². The van der Waals surface area contributed by atoms with Crippen molar-refractivity contribution in [1.82, 2.24) is 15.4 Å². The number of hydrogen-bond acceptors (Lipinski definition) is 5. The second kappa shape index (κ2) is 9.24. The summed E-state index contributed by atoms with van der Waals surface area (Å²) in [7, 11) is -1.35. The highest BCUT2D eigenvalue weighted by Gasteiger charge is 2.20. The van der Waals surface area contributed by atoms with Crippen LogP contribution >= 0.6 is 11.3 Å². The Labute approximate surface area is 148 Å². The zero-order valence-electron chi connectivity index (χ0n) is 14.3. The van der Waals surface area contributed by atoms with E-state index in [1.54, 1.807) is 18.4 Å². The molecule has 7 nitrogen and oxygen atoms in total. The first kappa shape index (κ1) is 19.0. The monoisotopic (exact) mass is 373 g/mol. The summed E-state index contributed by atoms with van der Waals surface area (Å²) < 4.78 is 24.5. The predicted molar refractivity (Wildman–Crippen MR) is 102 cm³/mol. The topological polar surface area (TPSA) is 85.8 Å². The van der Waals surface area contributed by atoms with Crippen molar-refractivity contribution in [2.75, 3.05) is 44.4 Å². The van der Waals surface area contributed by atoms with Crippen molar-refractivity contribution >= 4 is 32.3 Å². The van der Waals surface area contributed by atoms with E-state index < -0.39 is 10.0 Å². The summed E-state index contributed by atoms with van der Waals surface area (Å²) in [6.45, 7) is 3.21. The summed E-state index contributed by atoms with van der Waals surface area (Å²) in [5.41, 5.74) is 0. The maximum Gasteiger partial charge on any atom is 0.208 e. The Hall–Kier alpha value is -1.32. The van der Waals surface area contributed by atoms with E-state index in [0.29, 0.717) is 25.6 Å². The van der Waals surface area contributed by atoms with Gasteiger partial charge in [0.2, 0.25) is 10.0 Å². The van der Waals surface area contributed by atoms with Crippen molar-refractivity contribution in [2.24, 2.45) is 4.99 Å². The van der Waals surface area contributed by atoms with Gasteiger partial charge in [0.25, 0.3) is 0 Å². The van der Waals surface area contributed by atoms with E-state index in [1.807, 2.05) is 0 Å². The smallest absolute Gasteiger partial charge is 0.208 e. The molecule has 0 amide bonds. The van der Waals surface area contributed by atoms with E-state index in [9.17, 15) is 8.42 Å². The van der Waals surface area contributed by atoms with E-state index in [1.165, 1.54) is 11.3 Å². The number of nitrogens with zero attached hydrogens (tertiary/aromatic N) is 2. The number of sulfonamides is 1. The quantitative estimate of drug-likeness (QED) is 0.374. The number of thiophene rings is 1. The Kier molecular flexibility index (Phi) is 7.32. The fourth-order valence-electron chi connectivity index (χ4n) is 2.63. The molecule has 1 aliphatic rings. The minimum absolute atomic E-state index is 0.418. The first-order chi connectivity index (χ1) is 11.5. The zero-order chi connectivity index (χ0) is 17.4. The number of piperidine rings is 1. The minimum atomic E-state index is -3.10. The highest BCUT2D eigenvalue weighted by Crippen LogP contribution is 2.24. The number of guanidine groups is 1. The van der Waals surface area contributed by atoms with Gasteiger partial charge in [-0.05, 0) is 36.8 Å². The summed E-state index contributed by atoms with van der Waals surface area (Å²) >= 11 is 1.79. The van der Waals surface area contributed by atoms with Crippen LogP contribution in [-0.2, 0) is 10.0 Å². The summed E-state index contributed by atoms with van der Waals surface area (Å²) in [6, 6.07) is 4.68. The van der Waals surface area contributed by atoms with Crippen molar-refractivity contribution in [1.29, 1.82) is 0 Å². The standard InChI is InChI=1S/C15H27N5O2S2/c1-16-15(17-8-4-9-18-24(2,21)22)19-13-6-10-20(11-7-13)14-5-3-12-23-14/h3,5,12-13,18H,4,6-11H2,1-2H3,(H2,16,17,19). The van der Waals surface area contributed by atoms with Gasteiger partial charge in [-0.2, -0.15) is 0 Å². The minimum Gasteiger partial charge on any atom is -0.363 e. The molecular weight excluding hydrogens is 346 g/mol. The molecule has 24 heavy (non-hydrogen) atoms. The Morgan fingerprint density at radius 3 is 2.71 bits per heavy atom. The second-order valence-electron chi connectivity index (χ2n) is 5.88. The van der Waals surface area contributed by atoms with Gasteiger partial charge in [0, 0.05) is 39.3 Å². The van der Waals surface area contributed by atoms with Crippen LogP contribution in [0.1, 0.15) is 19.3 Å². The Bertz CT molecular complexity index is 608. The van der Waals surface area contributed by atoms with Gasteiger partial charge in [0.1, 0.15) is 0 Å². The van der Waals surface area contributed by atoms with Crippen LogP contribution < -0.4 is 20.3 Å². The van der Waals surface area contributed by atoms with Crippen LogP contribution in [0.4, 0.5) is 5.00 Å². The summed E-state index contributed by atoms with van der Waals surface area (Å²) in [6.07, 6.45) is 4.04. The molecular formula is C15H27N5O2S2. The van der Waals surface area contributed by atoms with Crippen molar-refractivity contribution in [3.8, 4) is 0 Å². The van der Waals surface area contributed by atoms with Gasteiger partial charge < -0.3 is 15.5 Å². The van der Waals surface area contributed by atoms with Crippen LogP contribution in [0.15, 0.2) is 22.5 Å². The average Bonchev–Trinajstić information content (AvgIpc) is 3.07. The fourth-order valence-corrected chi connectivity index (χ4v) is 3.94. The van der Waals surface area contributed by atoms with E-state index in [0.717, 1.165) is 31.9 Å². The molecule has 1 saturated heterocycles. The van der Waals surface area contributed by atoms with Gasteiger partial charge in [0.15, 0.2) is 5.96 Å². The van der Waals surface area contributed by atoms with Gasteiger partial charge in [-0.15, -0.1) is 11.3 Å². The number of nitrogens with one attached hydrogen (secondary N) is 3. The molecule has 1 aliphatic heterocycles. The molecule has 9 heteroatoms. The molecule has 0 saturated carbocycles. The van der Waals surface area contributed by atoms with Crippen LogP contribution in [0.3, 0.4) is 0 Å². The van der Waals surface area contributed by atoms with Crippen LogP contribution in [0.2, 0.25) is 0 Å². The zero-order valence-corrected chi connectivity index (χ0v) is 15.9. The van der Waals surface area contributed by atoms with E-state index in [-0.39, 0.29) is 0 Å². The third kappa shape index (κ3) is 6.66. The normalized spacial score (nSPS) is 17.1. The maximum atomic E-state index is 11.0. The van der Waals surface area contributed by atoms with Crippen molar-refractivity contribution < 1.29 is 8.42 Å². The molecule has 0 atom stereocenters.